The quantitative estimate of drug-likeness (QED) is 0.180. The van der Waals surface area contributed by atoms with Gasteiger partial charge in [0.2, 0.25) is 23.6 Å². The Hall–Kier alpha value is -5.57. The number of hydrogen-bond donors (Lipinski definition) is 4. The summed E-state index contributed by atoms with van der Waals surface area (Å²) >= 11 is 6.34. The van der Waals surface area contributed by atoms with Crippen molar-refractivity contribution in [3.05, 3.63) is 83.0 Å². The van der Waals surface area contributed by atoms with E-state index in [0.29, 0.717) is 61.6 Å². The van der Waals surface area contributed by atoms with Crippen LogP contribution in [0.4, 0.5) is 21.0 Å². The van der Waals surface area contributed by atoms with Gasteiger partial charge in [0.1, 0.15) is 24.2 Å². The van der Waals surface area contributed by atoms with Crippen molar-refractivity contribution in [2.45, 2.75) is 109 Å². The number of nitrogens with one attached hydrogen (secondary N) is 4. The molecule has 0 bridgehead atoms. The van der Waals surface area contributed by atoms with E-state index in [2.05, 4.69) is 32.2 Å². The van der Waals surface area contributed by atoms with E-state index in [1.807, 2.05) is 88.4 Å². The van der Waals surface area contributed by atoms with Crippen LogP contribution in [0.3, 0.4) is 0 Å². The van der Waals surface area contributed by atoms with Crippen molar-refractivity contribution < 1.29 is 38.2 Å². The molecule has 1 aliphatic carbocycles. The number of allylic oxidation sites excluding steroid dienone is 2. The van der Waals surface area contributed by atoms with Crippen LogP contribution in [0.25, 0.3) is 0 Å². The topological polar surface area (TPSA) is 179 Å². The van der Waals surface area contributed by atoms with Gasteiger partial charge in [-0.2, -0.15) is 0 Å². The number of nitrogens with zero attached hydrogens (tertiary/aromatic N) is 3. The van der Waals surface area contributed by atoms with Crippen LogP contribution in [0.2, 0.25) is 5.02 Å². The number of anilines is 2. The first-order valence-corrected chi connectivity index (χ1v) is 22.0. The van der Waals surface area contributed by atoms with Crippen molar-refractivity contribution in [2.75, 3.05) is 37.5 Å². The van der Waals surface area contributed by atoms with Gasteiger partial charge in [-0.15, -0.1) is 0 Å². The maximum Gasteiger partial charge on any atom is 0.407 e. The van der Waals surface area contributed by atoms with Gasteiger partial charge >= 0.3 is 12.2 Å². The lowest BCUT2D eigenvalue weighted by molar-refractivity contribution is -0.140. The second kappa shape index (κ2) is 20.5. The van der Waals surface area contributed by atoms with Crippen LogP contribution in [0.15, 0.2) is 72.5 Å². The van der Waals surface area contributed by atoms with E-state index in [9.17, 15) is 28.8 Å². The molecule has 15 nitrogen and oxygen atoms in total. The van der Waals surface area contributed by atoms with Crippen molar-refractivity contribution in [1.29, 1.82) is 0 Å². The molecule has 334 valence electrons. The molecule has 2 aromatic carbocycles. The third-order valence-electron chi connectivity index (χ3n) is 12.5. The summed E-state index contributed by atoms with van der Waals surface area (Å²) in [7, 11) is 2.50. The van der Waals surface area contributed by atoms with E-state index in [4.69, 9.17) is 21.1 Å². The summed E-state index contributed by atoms with van der Waals surface area (Å²) in [5, 5.41) is 12.0. The minimum absolute atomic E-state index is 0.0388. The molecule has 4 N–H and O–H groups in total. The average Bonchev–Trinajstić information content (AvgIpc) is 4.06. The number of benzene rings is 2. The molecule has 4 aliphatic rings. The Morgan fingerprint density at radius 1 is 0.694 bits per heavy atom. The number of amides is 6. The molecule has 3 heterocycles. The summed E-state index contributed by atoms with van der Waals surface area (Å²) < 4.78 is 9.46. The average molecular weight is 874 g/mol. The van der Waals surface area contributed by atoms with Gasteiger partial charge in [-0.05, 0) is 105 Å². The molecule has 6 amide bonds. The maximum atomic E-state index is 13.6. The van der Waals surface area contributed by atoms with Crippen LogP contribution in [0, 0.1) is 17.8 Å². The Bertz CT molecular complexity index is 2020. The monoisotopic (exact) mass is 873 g/mol. The lowest BCUT2D eigenvalue weighted by Crippen LogP contribution is -2.55. The normalized spacial score (nSPS) is 23.1. The van der Waals surface area contributed by atoms with Gasteiger partial charge in [-0.25, -0.2) is 9.59 Å². The van der Waals surface area contributed by atoms with Crippen molar-refractivity contribution >= 4 is 58.8 Å². The Kier molecular flexibility index (Phi) is 15.2. The maximum absolute atomic E-state index is 13.6. The summed E-state index contributed by atoms with van der Waals surface area (Å²) in [6, 6.07) is 13.0. The molecule has 16 heteroatoms. The fourth-order valence-corrected chi connectivity index (χ4v) is 9.31. The molecule has 62 heavy (non-hydrogen) atoms. The molecule has 0 spiro atoms. The van der Waals surface area contributed by atoms with Crippen LogP contribution < -0.4 is 26.2 Å². The highest BCUT2D eigenvalue weighted by Crippen LogP contribution is 2.44. The van der Waals surface area contributed by atoms with Gasteiger partial charge in [0.05, 0.1) is 20.3 Å². The van der Waals surface area contributed by atoms with Crippen LogP contribution in [0.5, 0.6) is 0 Å². The first kappa shape index (κ1) is 45.9. The van der Waals surface area contributed by atoms with Crippen LogP contribution in [0.1, 0.15) is 84.2 Å². The number of hydrogen-bond acceptors (Lipinski definition) is 9. The number of ether oxygens (including phenoxy) is 2. The largest absolute Gasteiger partial charge is 0.453 e. The molecule has 3 saturated heterocycles. The zero-order valence-corrected chi connectivity index (χ0v) is 37.2. The van der Waals surface area contributed by atoms with Crippen molar-refractivity contribution in [1.82, 2.24) is 25.8 Å². The minimum atomic E-state index is -0.813. The molecule has 0 saturated carbocycles. The molecule has 3 aliphatic heterocycles. The van der Waals surface area contributed by atoms with Crippen molar-refractivity contribution in [2.24, 2.45) is 17.8 Å². The van der Waals surface area contributed by atoms with Crippen molar-refractivity contribution in [3.63, 3.8) is 0 Å². The molecule has 2 aromatic rings. The molecule has 3 fully saturated rings. The second-order valence-electron chi connectivity index (χ2n) is 17.2. The highest BCUT2D eigenvalue weighted by atomic mass is 35.5. The highest BCUT2D eigenvalue weighted by molar-refractivity contribution is 6.30. The number of alkyl carbamates (subject to hydrolysis) is 2. The van der Waals surface area contributed by atoms with Crippen LogP contribution in [-0.4, -0.2) is 103 Å². The molecule has 7 atom stereocenters. The molecule has 1 unspecified atom stereocenters. The summed E-state index contributed by atoms with van der Waals surface area (Å²) in [4.78, 5) is 83.8. The Balaban J connectivity index is 1.10. The lowest BCUT2D eigenvalue weighted by atomic mass is 9.90. The van der Waals surface area contributed by atoms with E-state index in [0.717, 1.165) is 24.1 Å². The summed E-state index contributed by atoms with van der Waals surface area (Å²) in [6.07, 6.45) is 9.68. The third-order valence-corrected chi connectivity index (χ3v) is 12.7. The molecular weight excluding hydrogens is 814 g/mol. The number of halogens is 1. The second-order valence-corrected chi connectivity index (χ2v) is 17.6. The zero-order valence-electron chi connectivity index (χ0n) is 36.4. The molecular formula is C46H60ClN7O8. The number of rotatable bonds is 13. The zero-order chi connectivity index (χ0) is 44.7. The van der Waals surface area contributed by atoms with E-state index in [1.54, 1.807) is 9.80 Å². The van der Waals surface area contributed by atoms with E-state index >= 15 is 0 Å². The lowest BCUT2D eigenvalue weighted by Gasteiger charge is -2.37. The smallest absolute Gasteiger partial charge is 0.407 e. The van der Waals surface area contributed by atoms with Gasteiger partial charge in [0, 0.05) is 47.1 Å². The first-order valence-electron chi connectivity index (χ1n) is 21.6. The fraction of sp³-hybridized carbons (Fsp3) is 0.522. The van der Waals surface area contributed by atoms with E-state index in [1.165, 1.54) is 14.2 Å². The van der Waals surface area contributed by atoms with Gasteiger partial charge in [-0.1, -0.05) is 63.6 Å². The molecule has 0 aromatic heterocycles. The minimum Gasteiger partial charge on any atom is -0.453 e. The van der Waals surface area contributed by atoms with Crippen molar-refractivity contribution in [3.8, 4) is 0 Å². The third kappa shape index (κ3) is 10.5. The summed E-state index contributed by atoms with van der Waals surface area (Å²) in [5.74, 6) is -1.39. The number of methoxy groups -OCH3 is 2. The van der Waals surface area contributed by atoms with E-state index < -0.39 is 36.4 Å². The Morgan fingerprint density at radius 3 is 1.71 bits per heavy atom. The van der Waals surface area contributed by atoms with Gasteiger partial charge in [-0.3, -0.25) is 19.2 Å². The van der Waals surface area contributed by atoms with E-state index in [-0.39, 0.29) is 53.5 Å². The van der Waals surface area contributed by atoms with Crippen LogP contribution >= 0.6 is 11.6 Å². The summed E-state index contributed by atoms with van der Waals surface area (Å²) in [6.45, 7) is 8.20. The number of carbonyl (C=O) groups is 6. The molecule has 6 rings (SSSR count). The SMILES string of the molecule is COC(=O)N[C@H](C(=O)N1CCC[C@H]1C(=O)NC1=CCC([C@@H]2CC[C@@H](c3ccc(NC(=O)[C@@H]4CCCN4C(=O)[C@@H](NC(=O)OC)C(C)C)cc3)N2c2ccc(Cl)cc2)C=C1)C(C)C. The van der Waals surface area contributed by atoms with Gasteiger partial charge in [0.25, 0.3) is 0 Å². The Morgan fingerprint density at radius 2 is 1.23 bits per heavy atom. The highest BCUT2D eigenvalue weighted by Gasteiger charge is 2.42. The predicted octanol–water partition coefficient (Wildman–Crippen LogP) is 6.31. The Labute approximate surface area is 368 Å². The summed E-state index contributed by atoms with van der Waals surface area (Å²) in [5.41, 5.74) is 3.44. The van der Waals surface area contributed by atoms with Gasteiger partial charge < -0.3 is 45.4 Å². The number of carbonyl (C=O) groups excluding carboxylic acids is 6. The van der Waals surface area contributed by atoms with Crippen LogP contribution in [-0.2, 0) is 28.7 Å². The van der Waals surface area contributed by atoms with Gasteiger partial charge in [0.15, 0.2) is 0 Å². The molecule has 0 radical (unpaired) electrons. The first-order chi connectivity index (χ1) is 29.7. The number of likely N-dealkylation sites (tertiary alicyclic amines) is 2. The predicted molar refractivity (Wildman–Crippen MR) is 236 cm³/mol. The fourth-order valence-electron chi connectivity index (χ4n) is 9.19. The standard InChI is InChI=1S/C46H60ClN7O8/c1-27(2)39(50-45(59)61-5)43(57)52-25-7-9-37(52)41(55)48-32-17-11-29(12-18-32)35-23-24-36(54(35)34-21-15-31(47)16-22-34)30-13-19-33(20-14-30)49-42(56)38-10-8-26-53(38)44(58)40(28(3)4)51-46(60)62-6/h11-13,15-22,27-28,30,35-40H,7-10,14,23-26H2,1-6H3,(H,48,55)(H,49,56)(H,50,59)(H,51,60)/t30?,35-,36-,37-,38-,39-,40-/m0/s1.